The molecular formula is C22H24N2O4. The van der Waals surface area contributed by atoms with Gasteiger partial charge in [-0.05, 0) is 50.1 Å². The van der Waals surface area contributed by atoms with Gasteiger partial charge in [0.15, 0.2) is 6.61 Å². The minimum atomic E-state index is -0.570. The van der Waals surface area contributed by atoms with Crippen molar-refractivity contribution in [3.63, 3.8) is 0 Å². The lowest BCUT2D eigenvalue weighted by Crippen LogP contribution is -2.28. The van der Waals surface area contributed by atoms with Gasteiger partial charge in [-0.25, -0.2) is 0 Å². The fourth-order valence-corrected chi connectivity index (χ4v) is 3.20. The summed E-state index contributed by atoms with van der Waals surface area (Å²) < 4.78 is 5.14. The molecule has 0 saturated carbocycles. The SMILES string of the molecule is Cc1ccc(NC(=O)COC(=O)[C@@H]2CC(=O)N(c3cc(C)ccc3C)C2)cc1. The number of rotatable bonds is 5. The van der Waals surface area contributed by atoms with Gasteiger partial charge in [-0.2, -0.15) is 0 Å². The van der Waals surface area contributed by atoms with Crippen LogP contribution in [0.3, 0.4) is 0 Å². The van der Waals surface area contributed by atoms with Gasteiger partial charge in [-0.15, -0.1) is 0 Å². The van der Waals surface area contributed by atoms with Gasteiger partial charge in [-0.1, -0.05) is 29.8 Å². The molecule has 2 aromatic rings. The summed E-state index contributed by atoms with van der Waals surface area (Å²) in [5, 5.41) is 2.68. The van der Waals surface area contributed by atoms with Crippen LogP contribution in [0.25, 0.3) is 0 Å². The van der Waals surface area contributed by atoms with Gasteiger partial charge in [0.05, 0.1) is 5.92 Å². The summed E-state index contributed by atoms with van der Waals surface area (Å²) in [4.78, 5) is 38.3. The molecule has 0 radical (unpaired) electrons. The lowest BCUT2D eigenvalue weighted by molar-refractivity contribution is -0.151. The number of ether oxygens (including phenoxy) is 1. The smallest absolute Gasteiger partial charge is 0.311 e. The summed E-state index contributed by atoms with van der Waals surface area (Å²) >= 11 is 0. The highest BCUT2D eigenvalue weighted by Crippen LogP contribution is 2.29. The van der Waals surface area contributed by atoms with Crippen molar-refractivity contribution >= 4 is 29.2 Å². The van der Waals surface area contributed by atoms with Gasteiger partial charge in [-0.3, -0.25) is 14.4 Å². The highest BCUT2D eigenvalue weighted by atomic mass is 16.5. The van der Waals surface area contributed by atoms with Crippen molar-refractivity contribution in [2.24, 2.45) is 5.92 Å². The first-order valence-electron chi connectivity index (χ1n) is 9.24. The number of hydrogen-bond acceptors (Lipinski definition) is 4. The Balaban J connectivity index is 1.55. The summed E-state index contributed by atoms with van der Waals surface area (Å²) in [6.07, 6.45) is 0.0891. The molecule has 0 aliphatic carbocycles. The second-order valence-corrected chi connectivity index (χ2v) is 7.22. The summed E-state index contributed by atoms with van der Waals surface area (Å²) in [6.45, 7) is 5.74. The fraction of sp³-hybridized carbons (Fsp3) is 0.318. The number of carbonyl (C=O) groups excluding carboxylic acids is 3. The molecule has 146 valence electrons. The largest absolute Gasteiger partial charge is 0.455 e. The highest BCUT2D eigenvalue weighted by Gasteiger charge is 2.36. The number of nitrogens with zero attached hydrogens (tertiary/aromatic N) is 1. The summed E-state index contributed by atoms with van der Waals surface area (Å²) in [5.74, 6) is -1.62. The number of aryl methyl sites for hydroxylation is 3. The van der Waals surface area contributed by atoms with Crippen LogP contribution in [0, 0.1) is 26.7 Å². The van der Waals surface area contributed by atoms with Crippen molar-refractivity contribution in [1.29, 1.82) is 0 Å². The van der Waals surface area contributed by atoms with E-state index < -0.39 is 17.8 Å². The molecule has 1 N–H and O–H groups in total. The number of hydrogen-bond donors (Lipinski definition) is 1. The Hall–Kier alpha value is -3.15. The maximum absolute atomic E-state index is 12.4. The standard InChI is InChI=1S/C22H24N2O4/c1-14-5-8-18(9-6-14)23-20(25)13-28-22(27)17-11-21(26)24(12-17)19-10-15(2)4-7-16(19)3/h4-10,17H,11-13H2,1-3H3,(H,23,25)/t17-/m1/s1. The molecular weight excluding hydrogens is 356 g/mol. The van der Waals surface area contributed by atoms with Crippen LogP contribution < -0.4 is 10.2 Å². The molecule has 28 heavy (non-hydrogen) atoms. The Morgan fingerprint density at radius 3 is 2.46 bits per heavy atom. The molecule has 1 aliphatic rings. The second-order valence-electron chi connectivity index (χ2n) is 7.22. The van der Waals surface area contributed by atoms with Crippen LogP contribution in [0.5, 0.6) is 0 Å². The summed E-state index contributed by atoms with van der Waals surface area (Å²) in [5.41, 5.74) is 4.57. The monoisotopic (exact) mass is 380 g/mol. The summed E-state index contributed by atoms with van der Waals surface area (Å²) in [6, 6.07) is 13.2. The van der Waals surface area contributed by atoms with Crippen LogP contribution >= 0.6 is 0 Å². The van der Waals surface area contributed by atoms with Crippen molar-refractivity contribution in [3.8, 4) is 0 Å². The number of benzene rings is 2. The van der Waals surface area contributed by atoms with E-state index in [0.717, 1.165) is 22.4 Å². The zero-order valence-electron chi connectivity index (χ0n) is 16.3. The van der Waals surface area contributed by atoms with E-state index in [1.54, 1.807) is 17.0 Å². The molecule has 0 aromatic heterocycles. The predicted octanol–water partition coefficient (Wildman–Crippen LogP) is 3.15. The number of nitrogens with one attached hydrogen (secondary N) is 1. The van der Waals surface area contributed by atoms with Crippen LogP contribution in [-0.2, 0) is 19.1 Å². The van der Waals surface area contributed by atoms with Crippen molar-refractivity contribution < 1.29 is 19.1 Å². The third kappa shape index (κ3) is 4.57. The van der Waals surface area contributed by atoms with Crippen molar-refractivity contribution in [2.75, 3.05) is 23.4 Å². The normalized spacial score (nSPS) is 16.2. The molecule has 1 aliphatic heterocycles. The number of amides is 2. The van der Waals surface area contributed by atoms with E-state index in [1.165, 1.54) is 0 Å². The Bertz CT molecular complexity index is 905. The summed E-state index contributed by atoms with van der Waals surface area (Å²) in [7, 11) is 0. The Morgan fingerprint density at radius 2 is 1.75 bits per heavy atom. The van der Waals surface area contributed by atoms with Crippen LogP contribution in [0.15, 0.2) is 42.5 Å². The average Bonchev–Trinajstić information content (AvgIpc) is 3.05. The maximum atomic E-state index is 12.4. The highest BCUT2D eigenvalue weighted by molar-refractivity contribution is 6.00. The fourth-order valence-electron chi connectivity index (χ4n) is 3.20. The minimum absolute atomic E-state index is 0.0891. The molecule has 1 atom stereocenters. The van der Waals surface area contributed by atoms with Crippen LogP contribution in [0.2, 0.25) is 0 Å². The van der Waals surface area contributed by atoms with E-state index in [1.807, 2.05) is 51.1 Å². The molecule has 0 unspecified atom stereocenters. The lowest BCUT2D eigenvalue weighted by atomic mass is 10.1. The third-order valence-corrected chi connectivity index (χ3v) is 4.79. The van der Waals surface area contributed by atoms with Crippen LogP contribution in [0.1, 0.15) is 23.1 Å². The molecule has 2 amide bonds. The van der Waals surface area contributed by atoms with Crippen molar-refractivity contribution in [2.45, 2.75) is 27.2 Å². The predicted molar refractivity (Wildman–Crippen MR) is 107 cm³/mol. The molecule has 6 nitrogen and oxygen atoms in total. The van der Waals surface area contributed by atoms with Crippen molar-refractivity contribution in [1.82, 2.24) is 0 Å². The Labute approximate surface area is 164 Å². The van der Waals surface area contributed by atoms with E-state index in [9.17, 15) is 14.4 Å². The minimum Gasteiger partial charge on any atom is -0.455 e. The topological polar surface area (TPSA) is 75.7 Å². The molecule has 1 fully saturated rings. The van der Waals surface area contributed by atoms with Crippen molar-refractivity contribution in [3.05, 3.63) is 59.2 Å². The number of anilines is 2. The number of carbonyl (C=O) groups is 3. The number of esters is 1. The first kappa shape index (κ1) is 19.6. The van der Waals surface area contributed by atoms with Gasteiger partial charge in [0.25, 0.3) is 5.91 Å². The van der Waals surface area contributed by atoms with Crippen LogP contribution in [0.4, 0.5) is 11.4 Å². The molecule has 2 aromatic carbocycles. The van der Waals surface area contributed by atoms with Gasteiger partial charge in [0.1, 0.15) is 0 Å². The molecule has 3 rings (SSSR count). The lowest BCUT2D eigenvalue weighted by Gasteiger charge is -2.19. The molecule has 6 heteroatoms. The van der Waals surface area contributed by atoms with Gasteiger partial charge >= 0.3 is 5.97 Å². The van der Waals surface area contributed by atoms with E-state index in [0.29, 0.717) is 5.69 Å². The first-order chi connectivity index (χ1) is 13.3. The van der Waals surface area contributed by atoms with E-state index >= 15 is 0 Å². The van der Waals surface area contributed by atoms with Gasteiger partial charge < -0.3 is 15.0 Å². The average molecular weight is 380 g/mol. The first-order valence-corrected chi connectivity index (χ1v) is 9.24. The quantitative estimate of drug-likeness (QED) is 0.809. The van der Waals surface area contributed by atoms with E-state index in [4.69, 9.17) is 4.74 Å². The molecule has 0 spiro atoms. The zero-order valence-corrected chi connectivity index (χ0v) is 16.3. The molecule has 0 bridgehead atoms. The zero-order chi connectivity index (χ0) is 20.3. The van der Waals surface area contributed by atoms with Crippen LogP contribution in [-0.4, -0.2) is 30.9 Å². The molecule has 1 heterocycles. The third-order valence-electron chi connectivity index (χ3n) is 4.79. The Morgan fingerprint density at radius 1 is 1.07 bits per heavy atom. The maximum Gasteiger partial charge on any atom is 0.311 e. The van der Waals surface area contributed by atoms with Gasteiger partial charge in [0.2, 0.25) is 5.91 Å². The molecule has 1 saturated heterocycles. The van der Waals surface area contributed by atoms with E-state index in [2.05, 4.69) is 5.32 Å². The Kier molecular flexibility index (Phi) is 5.78. The van der Waals surface area contributed by atoms with Gasteiger partial charge in [0, 0.05) is 24.3 Å². The second kappa shape index (κ2) is 8.25. The van der Waals surface area contributed by atoms with E-state index in [-0.39, 0.29) is 25.5 Å².